The molecule has 2 aliphatic rings. The Kier molecular flexibility index (Phi) is 6.27. The maximum atomic E-state index is 11.2. The third-order valence-electron chi connectivity index (χ3n) is 5.71. The molecule has 1 saturated carbocycles. The summed E-state index contributed by atoms with van der Waals surface area (Å²) < 4.78 is 0. The summed E-state index contributed by atoms with van der Waals surface area (Å²) in [5.74, 6) is 0.630. The third kappa shape index (κ3) is 4.81. The van der Waals surface area contributed by atoms with Gasteiger partial charge in [0.2, 0.25) is 5.91 Å². The first-order valence-electron chi connectivity index (χ1n) is 9.50. The molecule has 3 rings (SSSR count). The summed E-state index contributed by atoms with van der Waals surface area (Å²) in [7, 11) is 0. The fraction of sp³-hybridized carbons (Fsp3) is 0.650. The molecule has 1 fully saturated rings. The third-order valence-corrected chi connectivity index (χ3v) is 5.71. The monoisotopic (exact) mass is 330 g/mol. The molecule has 4 nitrogen and oxygen atoms in total. The van der Waals surface area contributed by atoms with Gasteiger partial charge in [-0.05, 0) is 48.4 Å². The minimum absolute atomic E-state index is 0.318. The number of aryl methyl sites for hydroxylation is 1. The second kappa shape index (κ2) is 8.63. The van der Waals surface area contributed by atoms with E-state index in [0.717, 1.165) is 18.9 Å². The number of amides is 1. The molecular formula is C20H30N2O2. The van der Waals surface area contributed by atoms with Crippen LogP contribution in [0.15, 0.2) is 18.2 Å². The number of fused-ring (bicyclic) bond motifs is 1. The summed E-state index contributed by atoms with van der Waals surface area (Å²) >= 11 is 0. The zero-order valence-electron chi connectivity index (χ0n) is 14.6. The SMILES string of the molecule is O=C(CCc1ccc2c(c1)CN(CCC1CCCCC1)CC2)NO. The number of carbonyl (C=O) groups excluding carboxylic acids is 1. The fourth-order valence-electron chi connectivity index (χ4n) is 4.17. The zero-order valence-corrected chi connectivity index (χ0v) is 14.6. The molecule has 1 aliphatic heterocycles. The summed E-state index contributed by atoms with van der Waals surface area (Å²) in [5.41, 5.74) is 5.77. The van der Waals surface area contributed by atoms with Gasteiger partial charge in [-0.1, -0.05) is 50.3 Å². The summed E-state index contributed by atoms with van der Waals surface area (Å²) in [5, 5.41) is 8.60. The lowest BCUT2D eigenvalue weighted by Crippen LogP contribution is -2.32. The van der Waals surface area contributed by atoms with Crippen LogP contribution in [0.4, 0.5) is 0 Å². The number of nitrogens with zero attached hydrogens (tertiary/aromatic N) is 1. The Morgan fingerprint density at radius 2 is 2.04 bits per heavy atom. The van der Waals surface area contributed by atoms with Crippen molar-refractivity contribution in [1.29, 1.82) is 0 Å². The van der Waals surface area contributed by atoms with E-state index in [0.29, 0.717) is 12.8 Å². The zero-order chi connectivity index (χ0) is 16.8. The molecule has 0 radical (unpaired) electrons. The minimum atomic E-state index is -0.318. The molecule has 0 saturated heterocycles. The molecule has 4 heteroatoms. The Hall–Kier alpha value is -1.39. The molecule has 1 heterocycles. The smallest absolute Gasteiger partial charge is 0.243 e. The highest BCUT2D eigenvalue weighted by atomic mass is 16.5. The maximum absolute atomic E-state index is 11.2. The molecule has 0 spiro atoms. The van der Waals surface area contributed by atoms with Crippen LogP contribution < -0.4 is 5.48 Å². The van der Waals surface area contributed by atoms with Gasteiger partial charge in [-0.2, -0.15) is 0 Å². The van der Waals surface area contributed by atoms with Crippen molar-refractivity contribution in [1.82, 2.24) is 10.4 Å². The van der Waals surface area contributed by atoms with Crippen LogP contribution in [0, 0.1) is 5.92 Å². The lowest BCUT2D eigenvalue weighted by molar-refractivity contribution is -0.129. The van der Waals surface area contributed by atoms with Gasteiger partial charge in [0.25, 0.3) is 0 Å². The predicted molar refractivity (Wildman–Crippen MR) is 94.9 cm³/mol. The summed E-state index contributed by atoms with van der Waals surface area (Å²) in [6.45, 7) is 3.44. The molecule has 0 atom stereocenters. The molecule has 0 bridgehead atoms. The van der Waals surface area contributed by atoms with Gasteiger partial charge in [-0.25, -0.2) is 5.48 Å². The van der Waals surface area contributed by atoms with Crippen LogP contribution in [-0.4, -0.2) is 29.1 Å². The highest BCUT2D eigenvalue weighted by molar-refractivity contribution is 5.74. The van der Waals surface area contributed by atoms with Crippen molar-refractivity contribution < 1.29 is 10.0 Å². The molecular weight excluding hydrogens is 300 g/mol. The first-order chi connectivity index (χ1) is 11.7. The van der Waals surface area contributed by atoms with Crippen LogP contribution in [0.5, 0.6) is 0 Å². The molecule has 24 heavy (non-hydrogen) atoms. The topological polar surface area (TPSA) is 52.6 Å². The number of rotatable bonds is 6. The number of hydrogen-bond donors (Lipinski definition) is 2. The molecule has 1 aliphatic carbocycles. The molecule has 0 aromatic heterocycles. The normalized spacial score (nSPS) is 19.0. The lowest BCUT2D eigenvalue weighted by Gasteiger charge is -2.31. The summed E-state index contributed by atoms with van der Waals surface area (Å²) in [4.78, 5) is 13.8. The largest absolute Gasteiger partial charge is 0.299 e. The molecule has 0 unspecified atom stereocenters. The molecule has 2 N–H and O–H groups in total. The Morgan fingerprint density at radius 3 is 2.83 bits per heavy atom. The number of benzene rings is 1. The van der Waals surface area contributed by atoms with E-state index >= 15 is 0 Å². The van der Waals surface area contributed by atoms with Gasteiger partial charge >= 0.3 is 0 Å². The van der Waals surface area contributed by atoms with Crippen LogP contribution in [0.3, 0.4) is 0 Å². The molecule has 1 aromatic carbocycles. The Morgan fingerprint density at radius 1 is 1.21 bits per heavy atom. The second-order valence-electron chi connectivity index (χ2n) is 7.46. The van der Waals surface area contributed by atoms with Gasteiger partial charge in [-0.15, -0.1) is 0 Å². The van der Waals surface area contributed by atoms with E-state index in [4.69, 9.17) is 5.21 Å². The van der Waals surface area contributed by atoms with Crippen LogP contribution >= 0.6 is 0 Å². The van der Waals surface area contributed by atoms with Gasteiger partial charge in [0.05, 0.1) is 0 Å². The van der Waals surface area contributed by atoms with Gasteiger partial charge in [0.15, 0.2) is 0 Å². The van der Waals surface area contributed by atoms with Gasteiger partial charge in [0.1, 0.15) is 0 Å². The van der Waals surface area contributed by atoms with Crippen LogP contribution in [0.1, 0.15) is 61.6 Å². The average Bonchev–Trinajstić information content (AvgIpc) is 2.64. The van der Waals surface area contributed by atoms with Crippen molar-refractivity contribution in [3.8, 4) is 0 Å². The lowest BCUT2D eigenvalue weighted by atomic mass is 9.86. The van der Waals surface area contributed by atoms with Crippen molar-refractivity contribution >= 4 is 5.91 Å². The van der Waals surface area contributed by atoms with E-state index in [-0.39, 0.29) is 5.91 Å². The van der Waals surface area contributed by atoms with E-state index in [1.807, 2.05) is 0 Å². The number of carbonyl (C=O) groups is 1. The Labute approximate surface area is 145 Å². The maximum Gasteiger partial charge on any atom is 0.243 e. The van der Waals surface area contributed by atoms with E-state index in [2.05, 4.69) is 23.1 Å². The number of hydrogen-bond acceptors (Lipinski definition) is 3. The molecule has 1 amide bonds. The highest BCUT2D eigenvalue weighted by Gasteiger charge is 2.19. The van der Waals surface area contributed by atoms with Gasteiger partial charge in [-0.3, -0.25) is 14.9 Å². The van der Waals surface area contributed by atoms with Crippen LogP contribution in [0.25, 0.3) is 0 Å². The number of hydroxylamine groups is 1. The van der Waals surface area contributed by atoms with E-state index in [1.165, 1.54) is 68.3 Å². The van der Waals surface area contributed by atoms with E-state index in [9.17, 15) is 4.79 Å². The van der Waals surface area contributed by atoms with E-state index in [1.54, 1.807) is 5.48 Å². The van der Waals surface area contributed by atoms with Crippen molar-refractivity contribution in [2.24, 2.45) is 5.92 Å². The molecule has 132 valence electrons. The van der Waals surface area contributed by atoms with Gasteiger partial charge in [0, 0.05) is 19.5 Å². The van der Waals surface area contributed by atoms with Crippen molar-refractivity contribution in [2.45, 2.75) is 64.3 Å². The minimum Gasteiger partial charge on any atom is -0.299 e. The first-order valence-corrected chi connectivity index (χ1v) is 9.50. The number of nitrogens with one attached hydrogen (secondary N) is 1. The second-order valence-corrected chi connectivity index (χ2v) is 7.46. The van der Waals surface area contributed by atoms with Crippen molar-refractivity contribution in [3.63, 3.8) is 0 Å². The fourth-order valence-corrected chi connectivity index (χ4v) is 4.17. The Balaban J connectivity index is 1.52. The summed E-state index contributed by atoms with van der Waals surface area (Å²) in [6, 6.07) is 6.61. The van der Waals surface area contributed by atoms with Crippen molar-refractivity contribution in [3.05, 3.63) is 34.9 Å². The van der Waals surface area contributed by atoms with Crippen LogP contribution in [-0.2, 0) is 24.2 Å². The van der Waals surface area contributed by atoms with E-state index < -0.39 is 0 Å². The van der Waals surface area contributed by atoms with Crippen LogP contribution in [0.2, 0.25) is 0 Å². The standard InChI is InChI=1S/C20H30N2O2/c23-20(21-24)9-7-17-6-8-18-11-13-22(15-19(18)14-17)12-10-16-4-2-1-3-5-16/h6,8,14,16,24H,1-5,7,9-13,15H2,(H,21,23). The highest BCUT2D eigenvalue weighted by Crippen LogP contribution is 2.27. The van der Waals surface area contributed by atoms with Crippen molar-refractivity contribution in [2.75, 3.05) is 13.1 Å². The first kappa shape index (κ1) is 17.4. The average molecular weight is 330 g/mol. The summed E-state index contributed by atoms with van der Waals surface area (Å²) in [6.07, 6.45) is 10.7. The molecule has 1 aromatic rings. The Bertz CT molecular complexity index is 553. The quantitative estimate of drug-likeness (QED) is 0.620. The predicted octanol–water partition coefficient (Wildman–Crippen LogP) is 3.45. The van der Waals surface area contributed by atoms with Gasteiger partial charge < -0.3 is 0 Å².